The summed E-state index contributed by atoms with van der Waals surface area (Å²) in [5.74, 6) is 0.110. The number of carbonyl (C=O) groups excluding carboxylic acids is 3. The summed E-state index contributed by atoms with van der Waals surface area (Å²) in [4.78, 5) is 44.0. The quantitative estimate of drug-likeness (QED) is 0.343. The molecule has 4 rings (SSSR count). The zero-order chi connectivity index (χ0) is 24.9. The van der Waals surface area contributed by atoms with Gasteiger partial charge in [-0.25, -0.2) is 9.78 Å². The molecule has 9 heteroatoms. The van der Waals surface area contributed by atoms with Crippen LogP contribution in [0.2, 0.25) is 0 Å². The second-order valence-corrected chi connectivity index (χ2v) is 7.84. The molecule has 1 atom stereocenters. The Hall–Kier alpha value is -4.66. The lowest BCUT2D eigenvalue weighted by Crippen LogP contribution is -2.30. The molecule has 0 radical (unpaired) electrons. The second-order valence-electron chi connectivity index (χ2n) is 7.84. The van der Waals surface area contributed by atoms with Crippen LogP contribution >= 0.6 is 0 Å². The molecule has 0 aliphatic carbocycles. The third-order valence-electron chi connectivity index (χ3n) is 5.21. The van der Waals surface area contributed by atoms with Gasteiger partial charge in [0.25, 0.3) is 5.91 Å². The first-order valence-electron chi connectivity index (χ1n) is 10.9. The van der Waals surface area contributed by atoms with Gasteiger partial charge in [0.15, 0.2) is 6.10 Å². The number of benzene rings is 3. The largest absolute Gasteiger partial charge is 0.497 e. The van der Waals surface area contributed by atoms with Crippen molar-refractivity contribution in [1.29, 1.82) is 0 Å². The SMILES string of the molecule is COc1ccc(-c2nc3ccc(C(=O)OC(C)C(=O)Nc4ccc(NC(C)=O)cc4)cc3[nH]2)cc1. The molecule has 1 aromatic heterocycles. The van der Waals surface area contributed by atoms with E-state index >= 15 is 0 Å². The van der Waals surface area contributed by atoms with Gasteiger partial charge in [0.2, 0.25) is 5.91 Å². The van der Waals surface area contributed by atoms with Gasteiger partial charge in [-0.15, -0.1) is 0 Å². The lowest BCUT2D eigenvalue weighted by atomic mass is 10.2. The number of H-pyrrole nitrogens is 1. The number of ether oxygens (including phenoxy) is 2. The molecule has 0 aliphatic rings. The maximum absolute atomic E-state index is 12.7. The zero-order valence-electron chi connectivity index (χ0n) is 19.4. The van der Waals surface area contributed by atoms with Crippen molar-refractivity contribution in [3.8, 4) is 17.1 Å². The molecule has 35 heavy (non-hydrogen) atoms. The summed E-state index contributed by atoms with van der Waals surface area (Å²) in [5, 5.41) is 5.33. The molecular weight excluding hydrogens is 448 g/mol. The summed E-state index contributed by atoms with van der Waals surface area (Å²) in [6.07, 6.45) is -1.02. The molecule has 0 saturated carbocycles. The lowest BCUT2D eigenvalue weighted by Gasteiger charge is -2.14. The molecule has 178 valence electrons. The average molecular weight is 473 g/mol. The standard InChI is InChI=1S/C26H24N4O5/c1-15(25(32)28-20-9-7-19(8-10-20)27-16(2)31)35-26(33)18-6-13-22-23(14-18)30-24(29-22)17-4-11-21(34-3)12-5-17/h4-15H,1-3H3,(H,27,31)(H,28,32)(H,29,30). The molecule has 0 saturated heterocycles. The Kier molecular flexibility index (Phi) is 6.77. The second kappa shape index (κ2) is 10.1. The Morgan fingerprint density at radius 2 is 1.57 bits per heavy atom. The first-order chi connectivity index (χ1) is 16.8. The van der Waals surface area contributed by atoms with E-state index in [2.05, 4.69) is 20.6 Å². The van der Waals surface area contributed by atoms with Crippen LogP contribution in [0.1, 0.15) is 24.2 Å². The minimum atomic E-state index is -1.02. The molecule has 9 nitrogen and oxygen atoms in total. The van der Waals surface area contributed by atoms with E-state index in [1.807, 2.05) is 24.3 Å². The average Bonchev–Trinajstić information content (AvgIpc) is 3.28. The molecule has 1 heterocycles. The van der Waals surface area contributed by atoms with Crippen molar-refractivity contribution in [3.05, 3.63) is 72.3 Å². The van der Waals surface area contributed by atoms with Crippen LogP contribution in [0, 0.1) is 0 Å². The molecule has 4 aromatic rings. The summed E-state index contributed by atoms with van der Waals surface area (Å²) >= 11 is 0. The summed E-state index contributed by atoms with van der Waals surface area (Å²) in [5.41, 5.74) is 3.65. The number of aromatic amines is 1. The molecule has 3 aromatic carbocycles. The van der Waals surface area contributed by atoms with E-state index in [4.69, 9.17) is 9.47 Å². The Morgan fingerprint density at radius 1 is 0.914 bits per heavy atom. The molecule has 0 spiro atoms. The van der Waals surface area contributed by atoms with Crippen LogP contribution in [0.25, 0.3) is 22.4 Å². The van der Waals surface area contributed by atoms with Gasteiger partial charge in [-0.2, -0.15) is 0 Å². The number of rotatable bonds is 7. The molecule has 3 N–H and O–H groups in total. The maximum atomic E-state index is 12.7. The highest BCUT2D eigenvalue weighted by Gasteiger charge is 2.20. The zero-order valence-corrected chi connectivity index (χ0v) is 19.4. The fourth-order valence-electron chi connectivity index (χ4n) is 3.39. The number of esters is 1. The van der Waals surface area contributed by atoms with Crippen LogP contribution < -0.4 is 15.4 Å². The number of aromatic nitrogens is 2. The van der Waals surface area contributed by atoms with Crippen molar-refractivity contribution < 1.29 is 23.9 Å². The highest BCUT2D eigenvalue weighted by atomic mass is 16.5. The highest BCUT2D eigenvalue weighted by Crippen LogP contribution is 2.24. The first kappa shape index (κ1) is 23.5. The molecular formula is C26H24N4O5. The Balaban J connectivity index is 1.40. The summed E-state index contributed by atoms with van der Waals surface area (Å²) < 4.78 is 10.5. The smallest absolute Gasteiger partial charge is 0.338 e. The number of nitrogens with zero attached hydrogens (tertiary/aromatic N) is 1. The topological polar surface area (TPSA) is 122 Å². The van der Waals surface area contributed by atoms with Crippen LogP contribution in [0.5, 0.6) is 5.75 Å². The fourth-order valence-corrected chi connectivity index (χ4v) is 3.39. The van der Waals surface area contributed by atoms with E-state index in [0.29, 0.717) is 33.8 Å². The van der Waals surface area contributed by atoms with E-state index in [-0.39, 0.29) is 5.91 Å². The van der Waals surface area contributed by atoms with Gasteiger partial charge >= 0.3 is 5.97 Å². The van der Waals surface area contributed by atoms with Crippen LogP contribution in [0.3, 0.4) is 0 Å². The number of amides is 2. The number of anilines is 2. The summed E-state index contributed by atoms with van der Waals surface area (Å²) in [6, 6.07) is 19.0. The van der Waals surface area contributed by atoms with E-state index < -0.39 is 18.0 Å². The van der Waals surface area contributed by atoms with Gasteiger partial charge in [0.1, 0.15) is 11.6 Å². The monoisotopic (exact) mass is 472 g/mol. The van der Waals surface area contributed by atoms with Gasteiger partial charge in [0.05, 0.1) is 23.7 Å². The number of hydrogen-bond acceptors (Lipinski definition) is 6. The number of hydrogen-bond donors (Lipinski definition) is 3. The highest BCUT2D eigenvalue weighted by molar-refractivity contribution is 5.99. The van der Waals surface area contributed by atoms with Gasteiger partial charge in [0, 0.05) is 23.9 Å². The van der Waals surface area contributed by atoms with Crippen LogP contribution in [0.4, 0.5) is 11.4 Å². The number of imidazole rings is 1. The van der Waals surface area contributed by atoms with Crippen molar-refractivity contribution in [1.82, 2.24) is 9.97 Å². The Bertz CT molecular complexity index is 1380. The first-order valence-corrected chi connectivity index (χ1v) is 10.9. The predicted molar refractivity (Wildman–Crippen MR) is 132 cm³/mol. The van der Waals surface area contributed by atoms with E-state index in [1.165, 1.54) is 13.8 Å². The summed E-state index contributed by atoms with van der Waals surface area (Å²) in [6.45, 7) is 2.91. The summed E-state index contributed by atoms with van der Waals surface area (Å²) in [7, 11) is 1.60. The van der Waals surface area contributed by atoms with Crippen LogP contribution in [0.15, 0.2) is 66.7 Å². The number of carbonyl (C=O) groups is 3. The number of nitrogens with one attached hydrogen (secondary N) is 3. The van der Waals surface area contributed by atoms with Crippen LogP contribution in [-0.2, 0) is 14.3 Å². The number of fused-ring (bicyclic) bond motifs is 1. The minimum absolute atomic E-state index is 0.187. The van der Waals surface area contributed by atoms with Crippen molar-refractivity contribution in [2.75, 3.05) is 17.7 Å². The minimum Gasteiger partial charge on any atom is -0.497 e. The van der Waals surface area contributed by atoms with Crippen molar-refractivity contribution in [2.45, 2.75) is 20.0 Å². The van der Waals surface area contributed by atoms with Crippen molar-refractivity contribution in [2.24, 2.45) is 0 Å². The molecule has 0 bridgehead atoms. The predicted octanol–water partition coefficient (Wildman–Crippen LogP) is 4.38. The van der Waals surface area contributed by atoms with Crippen molar-refractivity contribution >= 4 is 40.2 Å². The molecule has 1 unspecified atom stereocenters. The van der Waals surface area contributed by atoms with Gasteiger partial charge < -0.3 is 25.1 Å². The van der Waals surface area contributed by atoms with E-state index in [0.717, 1.165) is 11.3 Å². The molecule has 2 amide bonds. The lowest BCUT2D eigenvalue weighted by molar-refractivity contribution is -0.123. The maximum Gasteiger partial charge on any atom is 0.338 e. The normalized spacial score (nSPS) is 11.5. The van der Waals surface area contributed by atoms with Crippen LogP contribution in [-0.4, -0.2) is 41.0 Å². The van der Waals surface area contributed by atoms with E-state index in [1.54, 1.807) is 49.6 Å². The van der Waals surface area contributed by atoms with Gasteiger partial charge in [-0.3, -0.25) is 9.59 Å². The molecule has 0 aliphatic heterocycles. The van der Waals surface area contributed by atoms with Gasteiger partial charge in [-0.05, 0) is 73.7 Å². The Labute approximate surface area is 201 Å². The third-order valence-corrected chi connectivity index (χ3v) is 5.21. The van der Waals surface area contributed by atoms with E-state index in [9.17, 15) is 14.4 Å². The van der Waals surface area contributed by atoms with Crippen molar-refractivity contribution in [3.63, 3.8) is 0 Å². The Morgan fingerprint density at radius 3 is 2.20 bits per heavy atom. The van der Waals surface area contributed by atoms with Gasteiger partial charge in [-0.1, -0.05) is 0 Å². The number of methoxy groups -OCH3 is 1. The third kappa shape index (κ3) is 5.64. The fraction of sp³-hybridized carbons (Fsp3) is 0.154. The molecule has 0 fully saturated rings.